The summed E-state index contributed by atoms with van der Waals surface area (Å²) in [7, 11) is 0. The van der Waals surface area contributed by atoms with Crippen molar-refractivity contribution in [2.45, 2.75) is 62.4 Å². The number of benzene rings is 2. The normalized spacial score (nSPS) is 22.6. The second-order valence-electron chi connectivity index (χ2n) is 9.76. The van der Waals surface area contributed by atoms with Crippen LogP contribution in [0.4, 0.5) is 4.79 Å². The average molecular weight is 463 g/mol. The third-order valence-electron chi connectivity index (χ3n) is 7.70. The molecule has 0 radical (unpaired) electrons. The van der Waals surface area contributed by atoms with Gasteiger partial charge in [-0.15, -0.1) is 0 Å². The number of hydrogen-bond acceptors (Lipinski definition) is 4. The zero-order valence-electron chi connectivity index (χ0n) is 19.1. The predicted octanol–water partition coefficient (Wildman–Crippen LogP) is 4.21. The fourth-order valence-corrected chi connectivity index (χ4v) is 5.87. The second kappa shape index (κ2) is 9.12. The first kappa shape index (κ1) is 22.4. The van der Waals surface area contributed by atoms with Crippen LogP contribution in [0.25, 0.3) is 11.1 Å². The Hall–Kier alpha value is -3.35. The molecule has 0 spiro atoms. The van der Waals surface area contributed by atoms with Crippen molar-refractivity contribution in [3.8, 4) is 11.1 Å². The zero-order valence-corrected chi connectivity index (χ0v) is 19.1. The van der Waals surface area contributed by atoms with Crippen molar-refractivity contribution in [1.82, 2.24) is 10.6 Å². The van der Waals surface area contributed by atoms with Crippen LogP contribution in [0.1, 0.15) is 62.0 Å². The van der Waals surface area contributed by atoms with Crippen LogP contribution in [-0.4, -0.2) is 41.3 Å². The summed E-state index contributed by atoms with van der Waals surface area (Å²) in [4.78, 5) is 37.1. The second-order valence-corrected chi connectivity index (χ2v) is 9.76. The van der Waals surface area contributed by atoms with Gasteiger partial charge in [0.2, 0.25) is 5.91 Å². The number of carbonyl (C=O) groups excluding carboxylic acids is 2. The van der Waals surface area contributed by atoms with Gasteiger partial charge in [0.15, 0.2) is 0 Å². The van der Waals surface area contributed by atoms with Gasteiger partial charge in [-0.25, -0.2) is 9.59 Å². The maximum absolute atomic E-state index is 12.8. The molecule has 0 bridgehead atoms. The van der Waals surface area contributed by atoms with Gasteiger partial charge in [-0.2, -0.15) is 0 Å². The van der Waals surface area contributed by atoms with Gasteiger partial charge < -0.3 is 20.5 Å². The van der Waals surface area contributed by atoms with Crippen LogP contribution in [-0.2, 0) is 14.3 Å². The van der Waals surface area contributed by atoms with Gasteiger partial charge in [0, 0.05) is 17.9 Å². The van der Waals surface area contributed by atoms with Gasteiger partial charge in [-0.05, 0) is 54.4 Å². The van der Waals surface area contributed by atoms with E-state index < -0.39 is 17.6 Å². The van der Waals surface area contributed by atoms with Gasteiger partial charge in [0.05, 0.1) is 0 Å². The van der Waals surface area contributed by atoms with Gasteiger partial charge in [-0.3, -0.25) is 4.79 Å². The van der Waals surface area contributed by atoms with E-state index in [0.29, 0.717) is 32.1 Å². The number of carbonyl (C=O) groups is 3. The van der Waals surface area contributed by atoms with Crippen LogP contribution in [0.5, 0.6) is 0 Å². The number of alkyl carbamates (subject to hydrolysis) is 1. The molecule has 0 saturated heterocycles. The molecule has 7 heteroatoms. The Labute approximate surface area is 198 Å². The maximum atomic E-state index is 12.8. The molecule has 2 aromatic rings. The lowest BCUT2D eigenvalue weighted by Crippen LogP contribution is -2.54. The van der Waals surface area contributed by atoms with E-state index in [1.807, 2.05) is 24.3 Å². The van der Waals surface area contributed by atoms with Crippen LogP contribution in [0.2, 0.25) is 0 Å². The van der Waals surface area contributed by atoms with Gasteiger partial charge in [0.1, 0.15) is 12.1 Å². The van der Waals surface area contributed by atoms with Crippen molar-refractivity contribution in [2.75, 3.05) is 6.61 Å². The van der Waals surface area contributed by atoms with Crippen LogP contribution in [0, 0.1) is 5.92 Å². The molecule has 0 heterocycles. The summed E-state index contributed by atoms with van der Waals surface area (Å²) in [6, 6.07) is 16.2. The lowest BCUT2D eigenvalue weighted by atomic mass is 9.96. The molecule has 178 valence electrons. The van der Waals surface area contributed by atoms with E-state index in [1.54, 1.807) is 0 Å². The number of amides is 2. The SMILES string of the molecule is O=C(N[C@@H]1CC[C@H](C(=O)NC2(C(=O)O)CCCC2)C1)OCC1c2ccccc2-c2ccccc21. The number of aliphatic carboxylic acids is 1. The van der Waals surface area contributed by atoms with Crippen LogP contribution >= 0.6 is 0 Å². The Kier molecular flexibility index (Phi) is 6.02. The Morgan fingerprint density at radius 3 is 2.18 bits per heavy atom. The van der Waals surface area contributed by atoms with E-state index in [9.17, 15) is 19.5 Å². The van der Waals surface area contributed by atoms with Crippen LogP contribution in [0.15, 0.2) is 48.5 Å². The van der Waals surface area contributed by atoms with Crippen molar-refractivity contribution >= 4 is 18.0 Å². The van der Waals surface area contributed by atoms with Gasteiger partial charge >= 0.3 is 12.1 Å². The molecule has 34 heavy (non-hydrogen) atoms. The topological polar surface area (TPSA) is 105 Å². The molecule has 2 amide bonds. The number of nitrogens with one attached hydrogen (secondary N) is 2. The van der Waals surface area contributed by atoms with E-state index in [4.69, 9.17) is 4.74 Å². The maximum Gasteiger partial charge on any atom is 0.407 e. The highest BCUT2D eigenvalue weighted by Gasteiger charge is 2.44. The Bertz CT molecular complexity index is 1060. The molecule has 3 aliphatic rings. The predicted molar refractivity (Wildman–Crippen MR) is 126 cm³/mol. The van der Waals surface area contributed by atoms with E-state index in [2.05, 4.69) is 34.9 Å². The summed E-state index contributed by atoms with van der Waals surface area (Å²) in [5.74, 6) is -1.47. The van der Waals surface area contributed by atoms with E-state index in [1.165, 1.54) is 11.1 Å². The Morgan fingerprint density at radius 2 is 1.56 bits per heavy atom. The molecule has 2 aromatic carbocycles. The minimum atomic E-state index is -1.13. The highest BCUT2D eigenvalue weighted by atomic mass is 16.5. The van der Waals surface area contributed by atoms with Gasteiger partial charge in [0.25, 0.3) is 0 Å². The van der Waals surface area contributed by atoms with E-state index in [0.717, 1.165) is 24.0 Å². The lowest BCUT2D eigenvalue weighted by Gasteiger charge is -2.27. The van der Waals surface area contributed by atoms with E-state index in [-0.39, 0.29) is 30.4 Å². The minimum absolute atomic E-state index is 0.00104. The first-order valence-electron chi connectivity index (χ1n) is 12.1. The molecule has 0 aromatic heterocycles. The third kappa shape index (κ3) is 4.15. The molecule has 2 atom stereocenters. The molecule has 2 saturated carbocycles. The van der Waals surface area contributed by atoms with Crippen LogP contribution in [0.3, 0.4) is 0 Å². The smallest absolute Gasteiger partial charge is 0.407 e. The number of carboxylic acid groups (broad SMARTS) is 1. The fourth-order valence-electron chi connectivity index (χ4n) is 5.87. The third-order valence-corrected chi connectivity index (χ3v) is 7.70. The first-order valence-corrected chi connectivity index (χ1v) is 12.1. The molecule has 3 N–H and O–H groups in total. The molecule has 0 aliphatic heterocycles. The summed E-state index contributed by atoms with van der Waals surface area (Å²) in [5.41, 5.74) is 3.55. The summed E-state index contributed by atoms with van der Waals surface area (Å²) < 4.78 is 5.62. The Balaban J connectivity index is 1.15. The molecule has 3 aliphatic carbocycles. The summed E-state index contributed by atoms with van der Waals surface area (Å²) in [6.07, 6.45) is 3.87. The molecular formula is C27H30N2O5. The van der Waals surface area contributed by atoms with Crippen molar-refractivity contribution in [3.05, 3.63) is 59.7 Å². The Morgan fingerprint density at radius 1 is 0.941 bits per heavy atom. The van der Waals surface area contributed by atoms with Crippen molar-refractivity contribution in [1.29, 1.82) is 0 Å². The number of rotatable bonds is 6. The van der Waals surface area contributed by atoms with Crippen molar-refractivity contribution < 1.29 is 24.2 Å². The van der Waals surface area contributed by atoms with E-state index >= 15 is 0 Å². The fraction of sp³-hybridized carbons (Fsp3) is 0.444. The summed E-state index contributed by atoms with van der Waals surface area (Å²) in [6.45, 7) is 0.248. The quantitative estimate of drug-likeness (QED) is 0.597. The molecule has 0 unspecified atom stereocenters. The molecule has 7 nitrogen and oxygen atoms in total. The van der Waals surface area contributed by atoms with Crippen molar-refractivity contribution in [3.63, 3.8) is 0 Å². The largest absolute Gasteiger partial charge is 0.480 e. The number of hydrogen-bond donors (Lipinski definition) is 3. The summed E-state index contributed by atoms with van der Waals surface area (Å²) >= 11 is 0. The molecule has 2 fully saturated rings. The average Bonchev–Trinajstić information content (AvgIpc) is 3.56. The number of carboxylic acids is 1. The monoisotopic (exact) mass is 462 g/mol. The summed E-state index contributed by atoms with van der Waals surface area (Å²) in [5, 5.41) is 15.3. The number of ether oxygens (including phenoxy) is 1. The number of fused-ring (bicyclic) bond motifs is 3. The zero-order chi connectivity index (χ0) is 23.7. The highest BCUT2D eigenvalue weighted by Crippen LogP contribution is 2.44. The first-order chi connectivity index (χ1) is 16.5. The minimum Gasteiger partial charge on any atom is -0.480 e. The van der Waals surface area contributed by atoms with Crippen molar-refractivity contribution in [2.24, 2.45) is 5.92 Å². The lowest BCUT2D eigenvalue weighted by molar-refractivity contribution is -0.148. The standard InChI is InChI=1S/C27H30N2O5/c30-24(29-27(25(31)32)13-5-6-14-27)17-11-12-18(15-17)28-26(33)34-16-23-21-9-3-1-7-19(21)20-8-2-4-10-22(20)23/h1-4,7-10,17-18,23H,5-6,11-16H2,(H,28,33)(H,29,30)(H,31,32)/t17-,18+/m0/s1. The molecule has 5 rings (SSSR count). The highest BCUT2D eigenvalue weighted by molar-refractivity contribution is 5.88. The van der Waals surface area contributed by atoms with Crippen LogP contribution < -0.4 is 10.6 Å². The van der Waals surface area contributed by atoms with Gasteiger partial charge in [-0.1, -0.05) is 61.4 Å². The molecular weight excluding hydrogens is 432 g/mol.